The van der Waals surface area contributed by atoms with Gasteiger partial charge in [-0.2, -0.15) is 11.8 Å². The molecule has 0 heterocycles. The minimum atomic E-state index is -0.396. The summed E-state index contributed by atoms with van der Waals surface area (Å²) in [6.45, 7) is 4.90. The molecule has 0 saturated heterocycles. The van der Waals surface area contributed by atoms with E-state index in [1.807, 2.05) is 13.8 Å². The van der Waals surface area contributed by atoms with E-state index in [-0.39, 0.29) is 18.4 Å². The highest BCUT2D eigenvalue weighted by molar-refractivity contribution is 7.99. The monoisotopic (exact) mass is 248 g/mol. The van der Waals surface area contributed by atoms with Crippen LogP contribution in [-0.2, 0) is 4.79 Å². The minimum Gasteiger partial charge on any atom is -0.396 e. The Morgan fingerprint density at radius 3 is 2.75 bits per heavy atom. The van der Waals surface area contributed by atoms with Crippen molar-refractivity contribution in [3.05, 3.63) is 0 Å². The molecular weight excluding hydrogens is 224 g/mol. The second-order valence-corrected chi connectivity index (χ2v) is 5.12. The summed E-state index contributed by atoms with van der Waals surface area (Å²) in [5, 5.41) is 11.4. The number of nitrogens with one attached hydrogen (secondary N) is 1. The molecule has 0 rings (SSSR count). The summed E-state index contributed by atoms with van der Waals surface area (Å²) in [6, 6.07) is -0.396. The standard InChI is InChI=1S/C11H24N2O2S/c1-3-9(2)10(12)11(15)13-5-8-16-7-4-6-14/h9-10,14H,3-8,12H2,1-2H3,(H,13,15)/t9?,10-/m0/s1. The first-order valence-corrected chi connectivity index (χ1v) is 7.00. The number of hydrogen-bond acceptors (Lipinski definition) is 4. The van der Waals surface area contributed by atoms with Gasteiger partial charge in [-0.25, -0.2) is 0 Å². The van der Waals surface area contributed by atoms with Gasteiger partial charge in [0.1, 0.15) is 0 Å². The van der Waals surface area contributed by atoms with Gasteiger partial charge in [0.15, 0.2) is 0 Å². The zero-order valence-electron chi connectivity index (χ0n) is 10.2. The second kappa shape index (κ2) is 9.93. The molecule has 0 saturated carbocycles. The fraction of sp³-hybridized carbons (Fsp3) is 0.909. The molecule has 2 atom stereocenters. The molecule has 0 fully saturated rings. The molecule has 0 aliphatic rings. The number of carbonyl (C=O) groups excluding carboxylic acids is 1. The van der Waals surface area contributed by atoms with Gasteiger partial charge in [-0.15, -0.1) is 0 Å². The summed E-state index contributed by atoms with van der Waals surface area (Å²) in [5.74, 6) is 1.97. The highest BCUT2D eigenvalue weighted by Crippen LogP contribution is 2.05. The van der Waals surface area contributed by atoms with E-state index < -0.39 is 6.04 Å². The first-order valence-electron chi connectivity index (χ1n) is 5.85. The van der Waals surface area contributed by atoms with E-state index in [1.165, 1.54) is 0 Å². The topological polar surface area (TPSA) is 75.4 Å². The number of aliphatic hydroxyl groups excluding tert-OH is 1. The molecule has 0 aromatic rings. The molecule has 4 N–H and O–H groups in total. The van der Waals surface area contributed by atoms with Gasteiger partial charge in [0, 0.05) is 18.9 Å². The Balaban J connectivity index is 3.50. The lowest BCUT2D eigenvalue weighted by atomic mass is 9.99. The van der Waals surface area contributed by atoms with Gasteiger partial charge in [0.2, 0.25) is 5.91 Å². The van der Waals surface area contributed by atoms with Crippen LogP contribution in [0.1, 0.15) is 26.7 Å². The molecule has 4 nitrogen and oxygen atoms in total. The summed E-state index contributed by atoms with van der Waals surface area (Å²) >= 11 is 1.73. The molecule has 0 spiro atoms. The number of nitrogens with two attached hydrogens (primary N) is 1. The van der Waals surface area contributed by atoms with Crippen LogP contribution >= 0.6 is 11.8 Å². The Morgan fingerprint density at radius 2 is 2.19 bits per heavy atom. The van der Waals surface area contributed by atoms with Gasteiger partial charge in [0.05, 0.1) is 6.04 Å². The Labute approximate surface area is 102 Å². The fourth-order valence-corrected chi connectivity index (χ4v) is 1.93. The van der Waals surface area contributed by atoms with Crippen LogP contribution in [0.4, 0.5) is 0 Å². The van der Waals surface area contributed by atoms with E-state index in [4.69, 9.17) is 10.8 Å². The van der Waals surface area contributed by atoms with Crippen LogP contribution in [-0.4, -0.2) is 41.7 Å². The lowest BCUT2D eigenvalue weighted by molar-refractivity contribution is -0.123. The number of aliphatic hydroxyl groups is 1. The quantitative estimate of drug-likeness (QED) is 0.522. The summed E-state index contributed by atoms with van der Waals surface area (Å²) in [5.41, 5.74) is 5.78. The Kier molecular flexibility index (Phi) is 9.77. The van der Waals surface area contributed by atoms with E-state index in [0.29, 0.717) is 6.54 Å². The maximum Gasteiger partial charge on any atom is 0.237 e. The van der Waals surface area contributed by atoms with E-state index in [9.17, 15) is 4.79 Å². The molecule has 1 amide bonds. The van der Waals surface area contributed by atoms with E-state index in [2.05, 4.69) is 5.32 Å². The van der Waals surface area contributed by atoms with Gasteiger partial charge in [-0.05, 0) is 18.1 Å². The van der Waals surface area contributed by atoms with E-state index >= 15 is 0 Å². The van der Waals surface area contributed by atoms with Crippen molar-refractivity contribution in [3.8, 4) is 0 Å². The fourth-order valence-electron chi connectivity index (χ4n) is 1.15. The predicted molar refractivity (Wildman–Crippen MR) is 69.5 cm³/mol. The highest BCUT2D eigenvalue weighted by Gasteiger charge is 2.18. The molecule has 0 aromatic carbocycles. The molecule has 0 aliphatic heterocycles. The van der Waals surface area contributed by atoms with Crippen molar-refractivity contribution in [3.63, 3.8) is 0 Å². The summed E-state index contributed by atoms with van der Waals surface area (Å²) in [4.78, 5) is 11.5. The van der Waals surface area contributed by atoms with Crippen LogP contribution in [0.2, 0.25) is 0 Å². The summed E-state index contributed by atoms with van der Waals surface area (Å²) in [7, 11) is 0. The van der Waals surface area contributed by atoms with Crippen molar-refractivity contribution < 1.29 is 9.90 Å². The zero-order valence-corrected chi connectivity index (χ0v) is 11.1. The highest BCUT2D eigenvalue weighted by atomic mass is 32.2. The number of thioether (sulfide) groups is 1. The van der Waals surface area contributed by atoms with E-state index in [0.717, 1.165) is 24.3 Å². The van der Waals surface area contributed by atoms with Gasteiger partial charge in [-0.3, -0.25) is 4.79 Å². The van der Waals surface area contributed by atoms with Gasteiger partial charge < -0.3 is 16.2 Å². The number of hydrogen-bond donors (Lipinski definition) is 3. The van der Waals surface area contributed by atoms with E-state index in [1.54, 1.807) is 11.8 Å². The maximum atomic E-state index is 11.5. The van der Waals surface area contributed by atoms with Crippen molar-refractivity contribution in [2.24, 2.45) is 11.7 Å². The number of amides is 1. The molecule has 0 bridgehead atoms. The molecule has 0 radical (unpaired) electrons. The third kappa shape index (κ3) is 7.09. The Hall–Kier alpha value is -0.260. The number of carbonyl (C=O) groups is 1. The average molecular weight is 248 g/mol. The molecule has 0 aromatic heterocycles. The van der Waals surface area contributed by atoms with Crippen LogP contribution in [0.25, 0.3) is 0 Å². The first-order chi connectivity index (χ1) is 7.63. The van der Waals surface area contributed by atoms with Crippen LogP contribution < -0.4 is 11.1 Å². The molecular formula is C11H24N2O2S. The van der Waals surface area contributed by atoms with Crippen molar-refractivity contribution in [1.29, 1.82) is 0 Å². The minimum absolute atomic E-state index is 0.0582. The first kappa shape index (κ1) is 15.7. The largest absolute Gasteiger partial charge is 0.396 e. The van der Waals surface area contributed by atoms with Gasteiger partial charge in [-0.1, -0.05) is 20.3 Å². The molecule has 0 aliphatic carbocycles. The predicted octanol–water partition coefficient (Wildman–Crippen LogP) is 0.592. The van der Waals surface area contributed by atoms with Crippen molar-refractivity contribution in [2.75, 3.05) is 24.7 Å². The summed E-state index contributed by atoms with van der Waals surface area (Å²) < 4.78 is 0. The lowest BCUT2D eigenvalue weighted by Crippen LogP contribution is -2.45. The second-order valence-electron chi connectivity index (χ2n) is 3.89. The Morgan fingerprint density at radius 1 is 1.50 bits per heavy atom. The van der Waals surface area contributed by atoms with Gasteiger partial charge >= 0.3 is 0 Å². The SMILES string of the molecule is CCC(C)[C@H](N)C(=O)NCCSCCCO. The summed E-state index contributed by atoms with van der Waals surface area (Å²) in [6.07, 6.45) is 1.73. The molecule has 1 unspecified atom stereocenters. The van der Waals surface area contributed by atoms with Crippen molar-refractivity contribution in [2.45, 2.75) is 32.7 Å². The number of rotatable bonds is 9. The van der Waals surface area contributed by atoms with Crippen LogP contribution in [0, 0.1) is 5.92 Å². The van der Waals surface area contributed by atoms with Gasteiger partial charge in [0.25, 0.3) is 0 Å². The molecule has 5 heteroatoms. The Bertz CT molecular complexity index is 191. The normalized spacial score (nSPS) is 14.5. The molecule has 16 heavy (non-hydrogen) atoms. The zero-order chi connectivity index (χ0) is 12.4. The smallest absolute Gasteiger partial charge is 0.237 e. The third-order valence-corrected chi connectivity index (χ3v) is 3.62. The molecule has 96 valence electrons. The van der Waals surface area contributed by atoms with Crippen molar-refractivity contribution >= 4 is 17.7 Å². The van der Waals surface area contributed by atoms with Crippen LogP contribution in [0.3, 0.4) is 0 Å². The third-order valence-electron chi connectivity index (χ3n) is 2.55. The average Bonchev–Trinajstić information content (AvgIpc) is 2.31. The van der Waals surface area contributed by atoms with Crippen molar-refractivity contribution in [1.82, 2.24) is 5.32 Å². The van der Waals surface area contributed by atoms with Crippen LogP contribution in [0.15, 0.2) is 0 Å². The lowest BCUT2D eigenvalue weighted by Gasteiger charge is -2.17. The van der Waals surface area contributed by atoms with Crippen LogP contribution in [0.5, 0.6) is 0 Å². The maximum absolute atomic E-state index is 11.5.